The van der Waals surface area contributed by atoms with Gasteiger partial charge >= 0.3 is 6.18 Å². The van der Waals surface area contributed by atoms with Gasteiger partial charge in [-0.25, -0.2) is 0 Å². The molecule has 0 saturated heterocycles. The van der Waals surface area contributed by atoms with E-state index < -0.39 is 11.7 Å². The molecule has 102 valence electrons. The predicted octanol–water partition coefficient (Wildman–Crippen LogP) is 5.47. The Hall–Kier alpha value is -1.51. The second-order valence-electron chi connectivity index (χ2n) is 4.86. The number of benzene rings is 1. The van der Waals surface area contributed by atoms with E-state index in [1.807, 2.05) is 19.1 Å². The van der Waals surface area contributed by atoms with E-state index in [0.717, 1.165) is 37.0 Å². The molecule has 0 heterocycles. The highest BCUT2D eigenvalue weighted by atomic mass is 19.4. The molecule has 1 aliphatic rings. The third-order valence-electron chi connectivity index (χ3n) is 3.47. The number of hydrogen-bond acceptors (Lipinski definition) is 0. The zero-order chi connectivity index (χ0) is 13.9. The summed E-state index contributed by atoms with van der Waals surface area (Å²) >= 11 is 0. The minimum absolute atomic E-state index is 0.451. The first-order valence-electron chi connectivity index (χ1n) is 6.51. The summed E-state index contributed by atoms with van der Waals surface area (Å²) in [4.78, 5) is 0. The van der Waals surface area contributed by atoms with Crippen LogP contribution >= 0.6 is 0 Å². The van der Waals surface area contributed by atoms with E-state index in [1.54, 1.807) is 12.1 Å². The molecule has 0 aliphatic heterocycles. The molecule has 1 unspecified atom stereocenters. The van der Waals surface area contributed by atoms with Crippen molar-refractivity contribution in [3.8, 4) is 0 Å². The zero-order valence-electron chi connectivity index (χ0n) is 10.9. The normalized spacial score (nSPS) is 22.5. The average Bonchev–Trinajstić information content (AvgIpc) is 2.77. The molecular weight excluding hydrogens is 249 g/mol. The fourth-order valence-corrected chi connectivity index (χ4v) is 2.51. The van der Waals surface area contributed by atoms with Crippen LogP contribution < -0.4 is 0 Å². The topological polar surface area (TPSA) is 0 Å². The first kappa shape index (κ1) is 13.9. The van der Waals surface area contributed by atoms with E-state index >= 15 is 0 Å². The van der Waals surface area contributed by atoms with Crippen LogP contribution in [0.3, 0.4) is 0 Å². The van der Waals surface area contributed by atoms with Crippen molar-refractivity contribution in [2.45, 2.75) is 32.4 Å². The van der Waals surface area contributed by atoms with Gasteiger partial charge in [0.2, 0.25) is 0 Å². The average molecular weight is 266 g/mol. The van der Waals surface area contributed by atoms with Gasteiger partial charge in [0.05, 0.1) is 5.56 Å². The zero-order valence-corrected chi connectivity index (χ0v) is 10.9. The lowest BCUT2D eigenvalue weighted by Gasteiger charge is -2.08. The van der Waals surface area contributed by atoms with E-state index in [4.69, 9.17) is 0 Å². The van der Waals surface area contributed by atoms with Crippen molar-refractivity contribution in [1.82, 2.24) is 0 Å². The Morgan fingerprint density at radius 3 is 2.42 bits per heavy atom. The van der Waals surface area contributed by atoms with Gasteiger partial charge in [-0.2, -0.15) is 13.2 Å². The second kappa shape index (κ2) is 5.64. The molecule has 0 radical (unpaired) electrons. The highest BCUT2D eigenvalue weighted by Gasteiger charge is 2.29. The second-order valence-corrected chi connectivity index (χ2v) is 4.86. The van der Waals surface area contributed by atoms with E-state index in [9.17, 15) is 13.2 Å². The van der Waals surface area contributed by atoms with E-state index in [2.05, 4.69) is 6.08 Å². The van der Waals surface area contributed by atoms with Crippen molar-refractivity contribution >= 4 is 6.08 Å². The first-order chi connectivity index (χ1) is 9.00. The quantitative estimate of drug-likeness (QED) is 0.623. The maximum absolute atomic E-state index is 12.5. The van der Waals surface area contributed by atoms with Gasteiger partial charge in [0.1, 0.15) is 0 Å². The summed E-state index contributed by atoms with van der Waals surface area (Å²) in [5.41, 5.74) is 1.57. The molecule has 0 spiro atoms. The van der Waals surface area contributed by atoms with E-state index in [-0.39, 0.29) is 0 Å². The van der Waals surface area contributed by atoms with Gasteiger partial charge in [-0.05, 0) is 49.8 Å². The third kappa shape index (κ3) is 3.49. The molecule has 0 N–H and O–H groups in total. The van der Waals surface area contributed by atoms with Crippen LogP contribution in [-0.4, -0.2) is 0 Å². The summed E-state index contributed by atoms with van der Waals surface area (Å²) in [5, 5.41) is 0. The molecule has 1 fully saturated rings. The minimum Gasteiger partial charge on any atom is -0.166 e. The molecule has 19 heavy (non-hydrogen) atoms. The first-order valence-corrected chi connectivity index (χ1v) is 6.51. The van der Waals surface area contributed by atoms with Crippen LogP contribution in [0.4, 0.5) is 13.2 Å². The number of alkyl halides is 3. The smallest absolute Gasteiger partial charge is 0.166 e. The van der Waals surface area contributed by atoms with Crippen molar-refractivity contribution in [1.29, 1.82) is 0 Å². The van der Waals surface area contributed by atoms with Crippen molar-refractivity contribution < 1.29 is 13.2 Å². The van der Waals surface area contributed by atoms with Crippen LogP contribution in [0.5, 0.6) is 0 Å². The molecule has 0 aromatic heterocycles. The van der Waals surface area contributed by atoms with Crippen molar-refractivity contribution in [2.24, 2.45) is 5.92 Å². The molecular formula is C16H17F3. The molecule has 1 saturated carbocycles. The van der Waals surface area contributed by atoms with E-state index in [1.165, 1.54) is 5.57 Å². The number of rotatable bonds is 2. The highest BCUT2D eigenvalue weighted by Crippen LogP contribution is 2.34. The summed E-state index contributed by atoms with van der Waals surface area (Å²) in [6.45, 7) is 1.99. The lowest BCUT2D eigenvalue weighted by Crippen LogP contribution is -2.04. The Morgan fingerprint density at radius 2 is 1.84 bits per heavy atom. The van der Waals surface area contributed by atoms with Gasteiger partial charge in [0.25, 0.3) is 0 Å². The molecule has 0 bridgehead atoms. The van der Waals surface area contributed by atoms with Crippen molar-refractivity contribution in [2.75, 3.05) is 0 Å². The Labute approximate surface area is 111 Å². The van der Waals surface area contributed by atoms with Gasteiger partial charge in [-0.3, -0.25) is 0 Å². The predicted molar refractivity (Wildman–Crippen MR) is 71.6 cm³/mol. The molecule has 3 heteroatoms. The lowest BCUT2D eigenvalue weighted by molar-refractivity contribution is -0.137. The molecule has 1 aromatic carbocycles. The summed E-state index contributed by atoms with van der Waals surface area (Å²) < 4.78 is 37.4. The molecule has 1 aromatic rings. The van der Waals surface area contributed by atoms with Gasteiger partial charge in [-0.1, -0.05) is 35.9 Å². The standard InChI is InChI=1S/C16H17F3/c1-2-4-13-5-3-6-14(13)11-12-7-9-15(10-8-12)16(17,18)19/h2,4,7-11,13H,3,5-6H2,1H3/b4-2+,14-11+. The highest BCUT2D eigenvalue weighted by molar-refractivity contribution is 5.55. The number of hydrogen-bond donors (Lipinski definition) is 0. The van der Waals surface area contributed by atoms with Crippen molar-refractivity contribution in [3.63, 3.8) is 0 Å². The molecule has 1 aliphatic carbocycles. The van der Waals surface area contributed by atoms with Gasteiger partial charge in [0, 0.05) is 0 Å². The fourth-order valence-electron chi connectivity index (χ4n) is 2.51. The van der Waals surface area contributed by atoms with Crippen LogP contribution in [0.1, 0.15) is 37.3 Å². The molecule has 2 rings (SSSR count). The monoisotopic (exact) mass is 266 g/mol. The SMILES string of the molecule is C/C=C/C1CCC/C1=C\c1ccc(C(F)(F)F)cc1. The van der Waals surface area contributed by atoms with Crippen LogP contribution in [0.25, 0.3) is 6.08 Å². The Bertz CT molecular complexity index is 478. The minimum atomic E-state index is -4.26. The van der Waals surface area contributed by atoms with Gasteiger partial charge < -0.3 is 0 Å². The summed E-state index contributed by atoms with van der Waals surface area (Å²) in [6, 6.07) is 5.37. The Kier molecular flexibility index (Phi) is 4.13. The summed E-state index contributed by atoms with van der Waals surface area (Å²) in [7, 11) is 0. The Balaban J connectivity index is 2.19. The maximum Gasteiger partial charge on any atom is 0.416 e. The lowest BCUT2D eigenvalue weighted by atomic mass is 9.99. The molecule has 1 atom stereocenters. The Morgan fingerprint density at radius 1 is 1.16 bits per heavy atom. The van der Waals surface area contributed by atoms with Crippen LogP contribution in [0.2, 0.25) is 0 Å². The fraction of sp³-hybridized carbons (Fsp3) is 0.375. The number of allylic oxidation sites excluding steroid dienone is 3. The third-order valence-corrected chi connectivity index (χ3v) is 3.47. The van der Waals surface area contributed by atoms with Crippen LogP contribution in [0.15, 0.2) is 42.0 Å². The van der Waals surface area contributed by atoms with Crippen LogP contribution in [-0.2, 0) is 6.18 Å². The largest absolute Gasteiger partial charge is 0.416 e. The van der Waals surface area contributed by atoms with Gasteiger partial charge in [-0.15, -0.1) is 0 Å². The molecule has 0 amide bonds. The summed E-state index contributed by atoms with van der Waals surface area (Å²) in [6.07, 6.45) is 5.30. The maximum atomic E-state index is 12.5. The van der Waals surface area contributed by atoms with Crippen LogP contribution in [0, 0.1) is 5.92 Å². The van der Waals surface area contributed by atoms with Crippen molar-refractivity contribution in [3.05, 3.63) is 53.1 Å². The summed E-state index contributed by atoms with van der Waals surface area (Å²) in [5.74, 6) is 0.451. The molecule has 0 nitrogen and oxygen atoms in total. The number of halogens is 3. The van der Waals surface area contributed by atoms with Gasteiger partial charge in [0.15, 0.2) is 0 Å². The van der Waals surface area contributed by atoms with E-state index in [0.29, 0.717) is 5.92 Å².